The van der Waals surface area contributed by atoms with Gasteiger partial charge >= 0.3 is 12.4 Å². The minimum absolute atomic E-state index is 0.0223. The number of fused-ring (bicyclic) bond motifs is 1. The zero-order valence-corrected chi connectivity index (χ0v) is 25.7. The summed E-state index contributed by atoms with van der Waals surface area (Å²) in [6.07, 6.45) is -2.44. The lowest BCUT2D eigenvalue weighted by atomic mass is 9.55. The summed E-state index contributed by atoms with van der Waals surface area (Å²) in [5.41, 5.74) is -4.25. The van der Waals surface area contributed by atoms with E-state index in [1.807, 2.05) is 19.1 Å². The van der Waals surface area contributed by atoms with Crippen molar-refractivity contribution in [3.8, 4) is 0 Å². The molecule has 0 heterocycles. The van der Waals surface area contributed by atoms with Crippen molar-refractivity contribution < 1.29 is 46.8 Å². The van der Waals surface area contributed by atoms with Gasteiger partial charge in [-0.15, -0.1) is 0 Å². The molecule has 0 aromatic heterocycles. The van der Waals surface area contributed by atoms with Gasteiger partial charge in [-0.3, -0.25) is 0 Å². The molecule has 0 bridgehead atoms. The van der Waals surface area contributed by atoms with Gasteiger partial charge in [-0.2, -0.15) is 26.3 Å². The van der Waals surface area contributed by atoms with Gasteiger partial charge in [0, 0.05) is 6.42 Å². The van der Waals surface area contributed by atoms with E-state index in [9.17, 15) is 46.8 Å². The van der Waals surface area contributed by atoms with Gasteiger partial charge in [0.05, 0.1) is 17.8 Å². The molecule has 0 aromatic rings. The Morgan fingerprint density at radius 1 is 0.953 bits per heavy atom. The van der Waals surface area contributed by atoms with Gasteiger partial charge in [0.15, 0.2) is 0 Å². The second kappa shape index (κ2) is 12.6. The number of alkyl halides is 6. The number of aliphatic hydroxyl groups is 4. The molecule has 0 radical (unpaired) electrons. The fraction of sp³-hybridized carbons (Fsp3) is 0.758. The molecule has 4 N–H and O–H groups in total. The number of rotatable bonds is 9. The summed E-state index contributed by atoms with van der Waals surface area (Å²) in [5.74, 6) is 0.139. The lowest BCUT2D eigenvalue weighted by Crippen LogP contribution is -2.55. The molecule has 246 valence electrons. The van der Waals surface area contributed by atoms with Gasteiger partial charge in [0.1, 0.15) is 0 Å². The molecule has 43 heavy (non-hydrogen) atoms. The van der Waals surface area contributed by atoms with E-state index in [0.29, 0.717) is 31.3 Å². The highest BCUT2D eigenvalue weighted by Crippen LogP contribution is 2.64. The Balaban J connectivity index is 1.93. The van der Waals surface area contributed by atoms with Crippen molar-refractivity contribution in [1.82, 2.24) is 0 Å². The Bertz CT molecular complexity index is 1080. The van der Waals surface area contributed by atoms with E-state index in [1.165, 1.54) is 5.57 Å². The maximum atomic E-state index is 13.4. The molecule has 0 amide bonds. The first-order chi connectivity index (χ1) is 19.5. The summed E-state index contributed by atoms with van der Waals surface area (Å²) in [4.78, 5) is 0. The third-order valence-corrected chi connectivity index (χ3v) is 10.4. The molecular weight excluding hydrogens is 574 g/mol. The summed E-state index contributed by atoms with van der Waals surface area (Å²) < 4.78 is 80.2. The van der Waals surface area contributed by atoms with Crippen molar-refractivity contribution in [3.63, 3.8) is 0 Å². The predicted molar refractivity (Wildman–Crippen MR) is 154 cm³/mol. The molecule has 3 saturated carbocycles. The first kappa shape index (κ1) is 35.9. The van der Waals surface area contributed by atoms with Crippen LogP contribution < -0.4 is 0 Å². The Kier molecular flexibility index (Phi) is 10.5. The van der Waals surface area contributed by atoms with Crippen LogP contribution in [-0.4, -0.2) is 56.2 Å². The largest absolute Gasteiger partial charge is 0.429 e. The molecule has 3 aliphatic carbocycles. The highest BCUT2D eigenvalue weighted by molar-refractivity contribution is 5.38. The van der Waals surface area contributed by atoms with Crippen LogP contribution in [0.2, 0.25) is 0 Å². The van der Waals surface area contributed by atoms with Crippen LogP contribution in [0.1, 0.15) is 98.3 Å². The van der Waals surface area contributed by atoms with Gasteiger partial charge in [0.25, 0.3) is 5.60 Å². The molecule has 0 saturated heterocycles. The molecule has 3 rings (SSSR count). The number of hydrogen-bond donors (Lipinski definition) is 4. The zero-order valence-electron chi connectivity index (χ0n) is 25.7. The van der Waals surface area contributed by atoms with Crippen molar-refractivity contribution in [1.29, 1.82) is 0 Å². The Morgan fingerprint density at radius 3 is 2.16 bits per heavy atom. The molecule has 3 aliphatic rings. The molecule has 0 aromatic carbocycles. The average Bonchev–Trinajstić information content (AvgIpc) is 3.21. The highest BCUT2D eigenvalue weighted by atomic mass is 19.4. The zero-order chi connectivity index (χ0) is 32.6. The van der Waals surface area contributed by atoms with Gasteiger partial charge in [-0.05, 0) is 112 Å². The normalized spacial score (nSPS) is 32.9. The third kappa shape index (κ3) is 7.79. The third-order valence-electron chi connectivity index (χ3n) is 10.4. The lowest BCUT2D eigenvalue weighted by molar-refractivity contribution is -0.347. The van der Waals surface area contributed by atoms with Gasteiger partial charge in [-0.1, -0.05) is 50.6 Å². The maximum absolute atomic E-state index is 13.4. The van der Waals surface area contributed by atoms with Crippen molar-refractivity contribution in [2.45, 2.75) is 134 Å². The standard InChI is InChI=1S/C33H48F6O4/c1-21-23(19-24(40)20-26(21)41)11-10-22-9-6-17-30(5)25(22)12-13-27(30)29(4,15-7-14-28(2,3)42)16-8-18-31(43,32(34,35)36)33(37,38)39/h8,10-11,18,24-27,40-43H,1,6-7,9,12-17,19-20H2,2-5H3/b18-8-,22-10+,23-11-/t24-,25?,26+,27?,29?,30+/m1/s1. The first-order valence-electron chi connectivity index (χ1n) is 15.2. The van der Waals surface area contributed by atoms with E-state index in [0.717, 1.165) is 43.8 Å². The number of aliphatic hydroxyl groups excluding tert-OH is 2. The Morgan fingerprint density at radius 2 is 1.58 bits per heavy atom. The number of allylic oxidation sites excluding steroid dienone is 4. The SMILES string of the molecule is C=C1/C(=C\C=C2/CCC[C@@]3(C)C2CCC3C(C)(C/C=C\C(O)(C(F)(F)F)C(F)(F)F)CCCC(C)(C)O)C[C@@H](O)C[C@@H]1O. The number of halogens is 6. The van der Waals surface area contributed by atoms with E-state index in [-0.39, 0.29) is 36.2 Å². The monoisotopic (exact) mass is 622 g/mol. The molecule has 4 nitrogen and oxygen atoms in total. The second-order valence-corrected chi connectivity index (χ2v) is 14.3. The topological polar surface area (TPSA) is 80.9 Å². The summed E-state index contributed by atoms with van der Waals surface area (Å²) >= 11 is 0. The molecule has 0 spiro atoms. The Labute approximate surface area is 251 Å². The van der Waals surface area contributed by atoms with Crippen molar-refractivity contribution in [2.75, 3.05) is 0 Å². The number of hydrogen-bond acceptors (Lipinski definition) is 4. The van der Waals surface area contributed by atoms with E-state index in [2.05, 4.69) is 13.5 Å². The average molecular weight is 623 g/mol. The van der Waals surface area contributed by atoms with E-state index in [1.54, 1.807) is 13.8 Å². The quantitative estimate of drug-likeness (QED) is 0.156. The Hall–Kier alpha value is -1.62. The van der Waals surface area contributed by atoms with E-state index in [4.69, 9.17) is 0 Å². The van der Waals surface area contributed by atoms with E-state index < -0.39 is 41.2 Å². The molecule has 0 aliphatic heterocycles. The van der Waals surface area contributed by atoms with Crippen LogP contribution in [0.15, 0.2) is 47.6 Å². The minimum atomic E-state index is -5.92. The summed E-state index contributed by atoms with van der Waals surface area (Å²) in [7, 11) is 0. The molecule has 10 heteroatoms. The molecule has 3 unspecified atom stereocenters. The van der Waals surface area contributed by atoms with E-state index >= 15 is 0 Å². The smallest absolute Gasteiger partial charge is 0.393 e. The summed E-state index contributed by atoms with van der Waals surface area (Å²) in [6.45, 7) is 11.4. The maximum Gasteiger partial charge on any atom is 0.429 e. The van der Waals surface area contributed by atoms with Crippen LogP contribution in [0.25, 0.3) is 0 Å². The fourth-order valence-electron chi connectivity index (χ4n) is 8.04. The van der Waals surface area contributed by atoms with Crippen molar-refractivity contribution in [3.05, 3.63) is 47.6 Å². The summed E-state index contributed by atoms with van der Waals surface area (Å²) in [6, 6.07) is 0. The van der Waals surface area contributed by atoms with Crippen molar-refractivity contribution >= 4 is 0 Å². The van der Waals surface area contributed by atoms with Crippen molar-refractivity contribution in [2.24, 2.45) is 22.7 Å². The molecular formula is C33H48F6O4. The van der Waals surface area contributed by atoms with Gasteiger partial charge < -0.3 is 20.4 Å². The van der Waals surface area contributed by atoms with Crippen LogP contribution in [0.3, 0.4) is 0 Å². The van der Waals surface area contributed by atoms with Gasteiger partial charge in [-0.25, -0.2) is 0 Å². The molecule has 6 atom stereocenters. The second-order valence-electron chi connectivity index (χ2n) is 14.3. The predicted octanol–water partition coefficient (Wildman–Crippen LogP) is 7.88. The molecule has 3 fully saturated rings. The van der Waals surface area contributed by atoms with Crippen LogP contribution in [0.4, 0.5) is 26.3 Å². The highest BCUT2D eigenvalue weighted by Gasteiger charge is 2.69. The lowest BCUT2D eigenvalue weighted by Gasteiger charge is -2.49. The van der Waals surface area contributed by atoms with Crippen LogP contribution in [0, 0.1) is 22.7 Å². The van der Waals surface area contributed by atoms with Crippen LogP contribution >= 0.6 is 0 Å². The fourth-order valence-corrected chi connectivity index (χ4v) is 8.04. The van der Waals surface area contributed by atoms with Gasteiger partial charge in [0.2, 0.25) is 0 Å². The van der Waals surface area contributed by atoms with Crippen LogP contribution in [-0.2, 0) is 0 Å². The summed E-state index contributed by atoms with van der Waals surface area (Å²) in [5, 5.41) is 40.3. The minimum Gasteiger partial charge on any atom is -0.393 e. The first-order valence-corrected chi connectivity index (χ1v) is 15.2. The van der Waals surface area contributed by atoms with Crippen LogP contribution in [0.5, 0.6) is 0 Å².